The molecule has 0 bridgehead atoms. The summed E-state index contributed by atoms with van der Waals surface area (Å²) >= 11 is 0. The summed E-state index contributed by atoms with van der Waals surface area (Å²) in [6.07, 6.45) is 4.73. The number of nitrogens with one attached hydrogen (secondary N) is 1. The number of amides is 1. The van der Waals surface area contributed by atoms with Crippen LogP contribution in [0.1, 0.15) is 38.2 Å². The molecule has 0 saturated heterocycles. The van der Waals surface area contributed by atoms with E-state index < -0.39 is 0 Å². The van der Waals surface area contributed by atoms with Gasteiger partial charge >= 0.3 is 0 Å². The Hall–Kier alpha value is -1.42. The van der Waals surface area contributed by atoms with Crippen LogP contribution >= 0.6 is 0 Å². The lowest BCUT2D eigenvalue weighted by atomic mass is 9.90. The molecule has 1 aliphatic carbocycles. The van der Waals surface area contributed by atoms with Crippen molar-refractivity contribution < 1.29 is 9.18 Å². The fourth-order valence-electron chi connectivity index (χ4n) is 3.06. The molecule has 1 aliphatic rings. The van der Waals surface area contributed by atoms with Gasteiger partial charge in [0, 0.05) is 19.1 Å². The normalized spacial score (nSPS) is 22.0. The van der Waals surface area contributed by atoms with Crippen LogP contribution in [0.3, 0.4) is 0 Å². The van der Waals surface area contributed by atoms with E-state index >= 15 is 0 Å². The molecule has 1 fully saturated rings. The zero-order valence-electron chi connectivity index (χ0n) is 12.9. The quantitative estimate of drug-likeness (QED) is 0.905. The molecule has 0 radical (unpaired) electrons. The van der Waals surface area contributed by atoms with E-state index in [0.717, 1.165) is 37.8 Å². The Morgan fingerprint density at radius 2 is 1.86 bits per heavy atom. The van der Waals surface area contributed by atoms with Gasteiger partial charge in [0.2, 0.25) is 5.91 Å². The highest BCUT2D eigenvalue weighted by Gasteiger charge is 2.25. The summed E-state index contributed by atoms with van der Waals surface area (Å²) in [5.41, 5.74) is 0.870. The summed E-state index contributed by atoms with van der Waals surface area (Å²) < 4.78 is 12.9. The number of benzene rings is 1. The van der Waals surface area contributed by atoms with Gasteiger partial charge in [-0.15, -0.1) is 0 Å². The number of hydrogen-bond donors (Lipinski definition) is 1. The topological polar surface area (TPSA) is 32.3 Å². The van der Waals surface area contributed by atoms with Gasteiger partial charge in [-0.3, -0.25) is 4.79 Å². The highest BCUT2D eigenvalue weighted by atomic mass is 19.1. The Labute approximate surface area is 126 Å². The zero-order valence-corrected chi connectivity index (χ0v) is 12.9. The van der Waals surface area contributed by atoms with E-state index in [-0.39, 0.29) is 11.7 Å². The second kappa shape index (κ2) is 7.55. The molecular weight excluding hydrogens is 267 g/mol. The van der Waals surface area contributed by atoms with Gasteiger partial charge in [0.05, 0.1) is 6.42 Å². The SMILES string of the molecule is CCNC1CCC(N(C)C(=O)Cc2ccc(F)cc2)CC1. The van der Waals surface area contributed by atoms with Crippen molar-refractivity contribution in [2.75, 3.05) is 13.6 Å². The Balaban J connectivity index is 1.84. The van der Waals surface area contributed by atoms with Crippen molar-refractivity contribution in [3.63, 3.8) is 0 Å². The van der Waals surface area contributed by atoms with E-state index in [1.165, 1.54) is 12.1 Å². The molecule has 4 heteroatoms. The third kappa shape index (κ3) is 4.53. The van der Waals surface area contributed by atoms with E-state index in [0.29, 0.717) is 18.5 Å². The van der Waals surface area contributed by atoms with E-state index in [2.05, 4.69) is 12.2 Å². The molecule has 3 nitrogen and oxygen atoms in total. The number of nitrogens with zero attached hydrogens (tertiary/aromatic N) is 1. The van der Waals surface area contributed by atoms with E-state index in [1.54, 1.807) is 12.1 Å². The molecule has 0 unspecified atom stereocenters. The Bertz CT molecular complexity index is 452. The van der Waals surface area contributed by atoms with Gasteiger partial charge in [-0.25, -0.2) is 4.39 Å². The van der Waals surface area contributed by atoms with E-state index in [4.69, 9.17) is 0 Å². The first kappa shape index (κ1) is 16.0. The van der Waals surface area contributed by atoms with Crippen LogP contribution in [0, 0.1) is 5.82 Å². The predicted molar refractivity (Wildman–Crippen MR) is 82.6 cm³/mol. The summed E-state index contributed by atoms with van der Waals surface area (Å²) in [7, 11) is 1.89. The predicted octanol–water partition coefficient (Wildman–Crippen LogP) is 2.75. The van der Waals surface area contributed by atoms with Crippen molar-refractivity contribution >= 4 is 5.91 Å². The first-order valence-corrected chi connectivity index (χ1v) is 7.83. The standard InChI is InChI=1S/C17H25FN2O/c1-3-19-15-8-10-16(11-9-15)20(2)17(21)12-13-4-6-14(18)7-5-13/h4-7,15-16,19H,3,8-12H2,1-2H3. The molecule has 21 heavy (non-hydrogen) atoms. The number of likely N-dealkylation sites (N-methyl/N-ethyl adjacent to an activating group) is 1. The average Bonchev–Trinajstić information content (AvgIpc) is 2.50. The van der Waals surface area contributed by atoms with E-state index in [1.807, 2.05) is 11.9 Å². The Kier molecular flexibility index (Phi) is 5.74. The van der Waals surface area contributed by atoms with Gasteiger partial charge < -0.3 is 10.2 Å². The first-order chi connectivity index (χ1) is 10.1. The highest BCUT2D eigenvalue weighted by Crippen LogP contribution is 2.23. The minimum atomic E-state index is -0.263. The molecule has 1 N–H and O–H groups in total. The molecule has 1 aromatic carbocycles. The molecule has 0 aromatic heterocycles. The third-order valence-corrected chi connectivity index (χ3v) is 4.40. The van der Waals surface area contributed by atoms with Crippen LogP contribution in [0.5, 0.6) is 0 Å². The number of rotatable bonds is 5. The minimum absolute atomic E-state index is 0.119. The summed E-state index contributed by atoms with van der Waals surface area (Å²) in [5.74, 6) is -0.144. The lowest BCUT2D eigenvalue weighted by molar-refractivity contribution is -0.131. The maximum Gasteiger partial charge on any atom is 0.226 e. The van der Waals surface area contributed by atoms with Crippen LogP contribution in [0.2, 0.25) is 0 Å². The minimum Gasteiger partial charge on any atom is -0.342 e. The molecule has 0 heterocycles. The molecule has 0 aliphatic heterocycles. The average molecular weight is 292 g/mol. The monoisotopic (exact) mass is 292 g/mol. The van der Waals surface area contributed by atoms with Crippen molar-refractivity contribution in [3.05, 3.63) is 35.6 Å². The molecule has 1 aromatic rings. The number of halogens is 1. The number of carbonyl (C=O) groups excluding carboxylic acids is 1. The van der Waals surface area contributed by atoms with Crippen molar-refractivity contribution in [1.29, 1.82) is 0 Å². The maximum atomic E-state index is 12.9. The lowest BCUT2D eigenvalue weighted by Crippen LogP contribution is -2.43. The zero-order chi connectivity index (χ0) is 15.2. The van der Waals surface area contributed by atoms with Crippen molar-refractivity contribution in [2.45, 2.75) is 51.1 Å². The van der Waals surface area contributed by atoms with Crippen LogP contribution in [-0.4, -0.2) is 36.5 Å². The summed E-state index contributed by atoms with van der Waals surface area (Å²) in [6.45, 7) is 3.14. The maximum absolute atomic E-state index is 12.9. The summed E-state index contributed by atoms with van der Waals surface area (Å²) in [5, 5.41) is 3.48. The Morgan fingerprint density at radius 1 is 1.24 bits per heavy atom. The first-order valence-electron chi connectivity index (χ1n) is 7.83. The number of carbonyl (C=O) groups is 1. The van der Waals surface area contributed by atoms with Gasteiger partial charge in [-0.1, -0.05) is 19.1 Å². The summed E-state index contributed by atoms with van der Waals surface area (Å²) in [6, 6.07) is 7.13. The smallest absolute Gasteiger partial charge is 0.226 e. The fraction of sp³-hybridized carbons (Fsp3) is 0.588. The molecule has 0 spiro atoms. The fourth-order valence-corrected chi connectivity index (χ4v) is 3.06. The van der Waals surface area contributed by atoms with Crippen LogP contribution in [0.25, 0.3) is 0 Å². The second-order valence-corrected chi connectivity index (χ2v) is 5.87. The largest absolute Gasteiger partial charge is 0.342 e. The van der Waals surface area contributed by atoms with Crippen LogP contribution in [0.4, 0.5) is 4.39 Å². The van der Waals surface area contributed by atoms with Crippen LogP contribution < -0.4 is 5.32 Å². The lowest BCUT2D eigenvalue weighted by Gasteiger charge is -2.35. The van der Waals surface area contributed by atoms with Crippen LogP contribution in [0.15, 0.2) is 24.3 Å². The molecule has 1 saturated carbocycles. The highest BCUT2D eigenvalue weighted by molar-refractivity contribution is 5.78. The second-order valence-electron chi connectivity index (χ2n) is 5.87. The molecule has 2 rings (SSSR count). The van der Waals surface area contributed by atoms with Gasteiger partial charge in [0.15, 0.2) is 0 Å². The molecule has 1 amide bonds. The Morgan fingerprint density at radius 3 is 2.43 bits per heavy atom. The van der Waals surface area contributed by atoms with Gasteiger partial charge in [-0.2, -0.15) is 0 Å². The third-order valence-electron chi connectivity index (χ3n) is 4.40. The van der Waals surface area contributed by atoms with Crippen LogP contribution in [-0.2, 0) is 11.2 Å². The van der Waals surface area contributed by atoms with Crippen molar-refractivity contribution in [2.24, 2.45) is 0 Å². The number of hydrogen-bond acceptors (Lipinski definition) is 2. The molecule has 0 atom stereocenters. The molecular formula is C17H25FN2O. The molecule has 116 valence electrons. The van der Waals surface area contributed by atoms with E-state index in [9.17, 15) is 9.18 Å². The summed E-state index contributed by atoms with van der Waals surface area (Å²) in [4.78, 5) is 14.2. The van der Waals surface area contributed by atoms with Gasteiger partial charge in [0.25, 0.3) is 0 Å². The van der Waals surface area contributed by atoms with Gasteiger partial charge in [0.1, 0.15) is 5.82 Å². The van der Waals surface area contributed by atoms with Crippen molar-refractivity contribution in [3.8, 4) is 0 Å². The van der Waals surface area contributed by atoms with Crippen molar-refractivity contribution in [1.82, 2.24) is 10.2 Å². The van der Waals surface area contributed by atoms with Gasteiger partial charge in [-0.05, 0) is 49.9 Å².